The number of aryl methyl sites for hydroxylation is 1. The zero-order valence-corrected chi connectivity index (χ0v) is 18.1. The lowest BCUT2D eigenvalue weighted by Crippen LogP contribution is -2.38. The van der Waals surface area contributed by atoms with Gasteiger partial charge in [-0.2, -0.15) is 4.98 Å². The van der Waals surface area contributed by atoms with Crippen molar-refractivity contribution in [1.82, 2.24) is 15.1 Å². The van der Waals surface area contributed by atoms with Gasteiger partial charge in [0.05, 0.1) is 16.4 Å². The summed E-state index contributed by atoms with van der Waals surface area (Å²) >= 11 is 7.76. The van der Waals surface area contributed by atoms with E-state index in [1.165, 1.54) is 0 Å². The summed E-state index contributed by atoms with van der Waals surface area (Å²) in [7, 11) is 0. The van der Waals surface area contributed by atoms with Gasteiger partial charge in [-0.1, -0.05) is 47.9 Å². The number of thiazole rings is 1. The van der Waals surface area contributed by atoms with Crippen molar-refractivity contribution in [2.24, 2.45) is 0 Å². The minimum atomic E-state index is -0.200. The number of benzene rings is 2. The fraction of sp³-hybridized carbons (Fsp3) is 0.182. The standard InChI is InChI=1S/C22H17ClN4O3S/c1-2-20-24-16(12-31-20)13-3-5-14(6-4-13)22-25-19(30-26-22)10-27-17-9-15(23)7-8-18(17)29-11-21(27)28/h3-9,12H,2,10-11H2,1H3. The molecule has 5 rings (SSSR count). The van der Waals surface area contributed by atoms with Crippen molar-refractivity contribution in [3.05, 3.63) is 63.8 Å². The smallest absolute Gasteiger partial charge is 0.265 e. The van der Waals surface area contributed by atoms with Gasteiger partial charge in [-0.15, -0.1) is 11.3 Å². The van der Waals surface area contributed by atoms with E-state index in [2.05, 4.69) is 27.4 Å². The van der Waals surface area contributed by atoms with Crippen LogP contribution in [-0.2, 0) is 17.8 Å². The molecule has 0 aliphatic carbocycles. The van der Waals surface area contributed by atoms with E-state index in [4.69, 9.17) is 20.9 Å². The maximum absolute atomic E-state index is 12.4. The third-order valence-corrected chi connectivity index (χ3v) is 6.15. The van der Waals surface area contributed by atoms with Crippen molar-refractivity contribution in [2.75, 3.05) is 11.5 Å². The highest BCUT2D eigenvalue weighted by Crippen LogP contribution is 2.35. The molecule has 156 valence electrons. The van der Waals surface area contributed by atoms with Crippen LogP contribution in [0.3, 0.4) is 0 Å². The molecule has 2 aromatic heterocycles. The van der Waals surface area contributed by atoms with Crippen molar-refractivity contribution < 1.29 is 14.1 Å². The van der Waals surface area contributed by atoms with E-state index in [9.17, 15) is 4.79 Å². The van der Waals surface area contributed by atoms with E-state index in [-0.39, 0.29) is 19.1 Å². The zero-order chi connectivity index (χ0) is 21.4. The Kier molecular flexibility index (Phi) is 5.17. The van der Waals surface area contributed by atoms with Crippen LogP contribution < -0.4 is 9.64 Å². The van der Waals surface area contributed by atoms with Gasteiger partial charge in [-0.05, 0) is 24.6 Å². The molecule has 0 saturated heterocycles. The molecule has 0 saturated carbocycles. The molecule has 1 amide bonds. The second kappa shape index (κ2) is 8.13. The number of rotatable bonds is 5. The number of fused-ring (bicyclic) bond motifs is 1. The summed E-state index contributed by atoms with van der Waals surface area (Å²) in [6.45, 7) is 2.18. The van der Waals surface area contributed by atoms with Crippen molar-refractivity contribution in [3.63, 3.8) is 0 Å². The second-order valence-electron chi connectivity index (χ2n) is 6.95. The van der Waals surface area contributed by atoms with Crippen LogP contribution in [0.1, 0.15) is 17.8 Å². The summed E-state index contributed by atoms with van der Waals surface area (Å²) in [4.78, 5) is 23.0. The summed E-state index contributed by atoms with van der Waals surface area (Å²) in [5.74, 6) is 1.18. The lowest BCUT2D eigenvalue weighted by atomic mass is 10.1. The van der Waals surface area contributed by atoms with Crippen molar-refractivity contribution >= 4 is 34.5 Å². The first-order chi connectivity index (χ1) is 15.1. The van der Waals surface area contributed by atoms with Gasteiger partial charge >= 0.3 is 0 Å². The Morgan fingerprint density at radius 1 is 1.13 bits per heavy atom. The number of halogens is 1. The van der Waals surface area contributed by atoms with Gasteiger partial charge in [0.15, 0.2) is 6.61 Å². The maximum atomic E-state index is 12.4. The summed E-state index contributed by atoms with van der Waals surface area (Å²) < 4.78 is 10.9. The Bertz CT molecular complexity index is 1250. The van der Waals surface area contributed by atoms with Crippen molar-refractivity contribution in [3.8, 4) is 28.4 Å². The zero-order valence-electron chi connectivity index (χ0n) is 16.5. The molecule has 3 heterocycles. The third-order valence-electron chi connectivity index (χ3n) is 4.92. The van der Waals surface area contributed by atoms with E-state index in [1.54, 1.807) is 34.4 Å². The molecule has 0 N–H and O–H groups in total. The Balaban J connectivity index is 1.36. The lowest BCUT2D eigenvalue weighted by Gasteiger charge is -2.28. The molecule has 2 aromatic carbocycles. The van der Waals surface area contributed by atoms with Gasteiger partial charge in [0, 0.05) is 21.5 Å². The normalized spacial score (nSPS) is 13.2. The number of anilines is 1. The molecule has 9 heteroatoms. The van der Waals surface area contributed by atoms with Crippen LogP contribution in [0.15, 0.2) is 52.4 Å². The molecule has 1 aliphatic heterocycles. The number of nitrogens with zero attached hydrogens (tertiary/aromatic N) is 4. The Morgan fingerprint density at radius 2 is 1.94 bits per heavy atom. The summed E-state index contributed by atoms with van der Waals surface area (Å²) in [6, 6.07) is 13.0. The summed E-state index contributed by atoms with van der Waals surface area (Å²) in [6.07, 6.45) is 0.927. The van der Waals surface area contributed by atoms with Gasteiger partial charge in [0.1, 0.15) is 12.3 Å². The lowest BCUT2D eigenvalue weighted by molar-refractivity contribution is -0.121. The molecule has 4 aromatic rings. The Hall–Kier alpha value is -3.23. The highest BCUT2D eigenvalue weighted by molar-refractivity contribution is 7.09. The number of hydrogen-bond acceptors (Lipinski definition) is 7. The first-order valence-electron chi connectivity index (χ1n) is 9.71. The van der Waals surface area contributed by atoms with Crippen LogP contribution >= 0.6 is 22.9 Å². The fourth-order valence-corrected chi connectivity index (χ4v) is 4.24. The molecular weight excluding hydrogens is 436 g/mol. The van der Waals surface area contributed by atoms with Crippen molar-refractivity contribution in [2.45, 2.75) is 19.9 Å². The molecule has 7 nitrogen and oxygen atoms in total. The topological polar surface area (TPSA) is 81.4 Å². The molecule has 0 spiro atoms. The van der Waals surface area contributed by atoms with Gasteiger partial charge in [-0.25, -0.2) is 4.98 Å². The maximum Gasteiger partial charge on any atom is 0.265 e. The van der Waals surface area contributed by atoms with E-state index in [0.29, 0.717) is 28.2 Å². The van der Waals surface area contributed by atoms with Crippen LogP contribution in [0, 0.1) is 0 Å². The van der Waals surface area contributed by atoms with Gasteiger partial charge in [0.25, 0.3) is 5.91 Å². The van der Waals surface area contributed by atoms with Gasteiger partial charge in [-0.3, -0.25) is 9.69 Å². The van der Waals surface area contributed by atoms with E-state index in [0.717, 1.165) is 28.2 Å². The monoisotopic (exact) mass is 452 g/mol. The average molecular weight is 453 g/mol. The third kappa shape index (κ3) is 3.92. The predicted molar refractivity (Wildman–Crippen MR) is 118 cm³/mol. The number of ether oxygens (including phenoxy) is 1. The molecule has 0 fully saturated rings. The number of carbonyl (C=O) groups excluding carboxylic acids is 1. The molecule has 0 atom stereocenters. The van der Waals surface area contributed by atoms with Crippen LogP contribution in [0.4, 0.5) is 5.69 Å². The van der Waals surface area contributed by atoms with Crippen LogP contribution in [0.2, 0.25) is 5.02 Å². The minimum Gasteiger partial charge on any atom is -0.482 e. The number of aromatic nitrogens is 3. The predicted octanol–water partition coefficient (Wildman–Crippen LogP) is 5.00. The van der Waals surface area contributed by atoms with Crippen LogP contribution in [0.5, 0.6) is 5.75 Å². The molecule has 0 unspecified atom stereocenters. The first-order valence-corrected chi connectivity index (χ1v) is 11.0. The molecule has 1 aliphatic rings. The SMILES string of the molecule is CCc1nc(-c2ccc(-c3noc(CN4C(=O)COc5ccc(Cl)cc54)n3)cc2)cs1. The van der Waals surface area contributed by atoms with Crippen molar-refractivity contribution in [1.29, 1.82) is 0 Å². The Labute approximate surface area is 187 Å². The van der Waals surface area contributed by atoms with E-state index in [1.807, 2.05) is 24.3 Å². The van der Waals surface area contributed by atoms with Crippen LogP contribution in [-0.4, -0.2) is 27.6 Å². The molecule has 0 bridgehead atoms. The van der Waals surface area contributed by atoms with Gasteiger partial charge in [0.2, 0.25) is 11.7 Å². The average Bonchev–Trinajstić information content (AvgIpc) is 3.46. The number of amides is 1. The Morgan fingerprint density at radius 3 is 2.71 bits per heavy atom. The largest absolute Gasteiger partial charge is 0.482 e. The quantitative estimate of drug-likeness (QED) is 0.423. The summed E-state index contributed by atoms with van der Waals surface area (Å²) in [5, 5.41) is 7.76. The number of hydrogen-bond donors (Lipinski definition) is 0. The highest BCUT2D eigenvalue weighted by atomic mass is 35.5. The number of carbonyl (C=O) groups is 1. The van der Waals surface area contributed by atoms with E-state index < -0.39 is 0 Å². The molecular formula is C22H17ClN4O3S. The van der Waals surface area contributed by atoms with Crippen LogP contribution in [0.25, 0.3) is 22.6 Å². The van der Waals surface area contributed by atoms with E-state index >= 15 is 0 Å². The highest BCUT2D eigenvalue weighted by Gasteiger charge is 2.27. The fourth-order valence-electron chi connectivity index (χ4n) is 3.32. The first kappa shape index (κ1) is 19.7. The minimum absolute atomic E-state index is 0.0482. The van der Waals surface area contributed by atoms with Gasteiger partial charge < -0.3 is 9.26 Å². The summed E-state index contributed by atoms with van der Waals surface area (Å²) in [5.41, 5.74) is 3.41. The molecule has 31 heavy (non-hydrogen) atoms. The molecule has 0 radical (unpaired) electrons. The second-order valence-corrected chi connectivity index (χ2v) is 8.33.